The minimum absolute atomic E-state index is 0.0174. The zero-order valence-electron chi connectivity index (χ0n) is 15.5. The summed E-state index contributed by atoms with van der Waals surface area (Å²) in [6, 6.07) is 14.8. The molecule has 2 N–H and O–H groups in total. The van der Waals surface area contributed by atoms with Crippen molar-refractivity contribution < 1.29 is 19.1 Å². The molecule has 0 unspecified atom stereocenters. The van der Waals surface area contributed by atoms with Crippen LogP contribution in [0.15, 0.2) is 48.5 Å². The van der Waals surface area contributed by atoms with Gasteiger partial charge in [0.15, 0.2) is 0 Å². The topological polar surface area (TPSA) is 76.7 Å². The van der Waals surface area contributed by atoms with Crippen LogP contribution in [0.25, 0.3) is 0 Å². The fraction of sp³-hybridized carbons (Fsp3) is 0.333. The van der Waals surface area contributed by atoms with E-state index in [1.807, 2.05) is 24.3 Å². The number of hydrogen-bond acceptors (Lipinski definition) is 4. The van der Waals surface area contributed by atoms with Gasteiger partial charge >= 0.3 is 0 Å². The first-order valence-corrected chi connectivity index (χ1v) is 8.99. The Balaban J connectivity index is 1.63. The molecule has 2 aromatic rings. The molecule has 2 atom stereocenters. The number of ether oxygens (including phenoxy) is 2. The highest BCUT2D eigenvalue weighted by Gasteiger charge is 2.24. The van der Waals surface area contributed by atoms with Gasteiger partial charge in [0, 0.05) is 30.8 Å². The number of carbonyl (C=O) groups excluding carboxylic acids is 2. The fourth-order valence-electron chi connectivity index (χ4n) is 3.20. The van der Waals surface area contributed by atoms with E-state index >= 15 is 0 Å². The van der Waals surface area contributed by atoms with Gasteiger partial charge in [0.05, 0.1) is 13.2 Å². The van der Waals surface area contributed by atoms with Crippen LogP contribution in [0.5, 0.6) is 5.75 Å². The zero-order chi connectivity index (χ0) is 19.2. The molecule has 1 aliphatic rings. The molecule has 6 nitrogen and oxygen atoms in total. The van der Waals surface area contributed by atoms with Crippen molar-refractivity contribution in [3.63, 3.8) is 0 Å². The van der Waals surface area contributed by atoms with Gasteiger partial charge in [-0.1, -0.05) is 18.2 Å². The van der Waals surface area contributed by atoms with E-state index < -0.39 is 0 Å². The molecule has 1 saturated heterocycles. The predicted molar refractivity (Wildman–Crippen MR) is 103 cm³/mol. The van der Waals surface area contributed by atoms with Crippen LogP contribution >= 0.6 is 0 Å². The Morgan fingerprint density at radius 2 is 1.93 bits per heavy atom. The number of rotatable bonds is 5. The summed E-state index contributed by atoms with van der Waals surface area (Å²) in [7, 11) is 1.57. The lowest BCUT2D eigenvalue weighted by Gasteiger charge is -2.30. The minimum Gasteiger partial charge on any atom is -0.497 e. The van der Waals surface area contributed by atoms with Gasteiger partial charge in [0.1, 0.15) is 5.75 Å². The number of amides is 2. The van der Waals surface area contributed by atoms with E-state index in [2.05, 4.69) is 10.6 Å². The van der Waals surface area contributed by atoms with Crippen molar-refractivity contribution in [2.24, 2.45) is 0 Å². The van der Waals surface area contributed by atoms with E-state index in [1.54, 1.807) is 31.4 Å². The Hall–Kier alpha value is -2.86. The summed E-state index contributed by atoms with van der Waals surface area (Å²) in [5.41, 5.74) is 2.28. The van der Waals surface area contributed by atoms with Crippen LogP contribution in [0, 0.1) is 0 Å². The maximum absolute atomic E-state index is 12.4. The first-order chi connectivity index (χ1) is 13.0. The Labute approximate surface area is 158 Å². The molecule has 0 aliphatic carbocycles. The molecular weight excluding hydrogens is 344 g/mol. The molecule has 6 heteroatoms. The van der Waals surface area contributed by atoms with Gasteiger partial charge in [0.2, 0.25) is 5.91 Å². The maximum Gasteiger partial charge on any atom is 0.255 e. The molecule has 27 heavy (non-hydrogen) atoms. The summed E-state index contributed by atoms with van der Waals surface area (Å²) in [4.78, 5) is 23.6. The van der Waals surface area contributed by atoms with Crippen LogP contribution in [0.3, 0.4) is 0 Å². The highest BCUT2D eigenvalue weighted by Crippen LogP contribution is 2.29. The van der Waals surface area contributed by atoms with Gasteiger partial charge in [-0.05, 0) is 48.7 Å². The number of methoxy groups -OCH3 is 1. The van der Waals surface area contributed by atoms with Crippen molar-refractivity contribution in [1.82, 2.24) is 5.32 Å². The molecule has 0 aromatic heterocycles. The van der Waals surface area contributed by atoms with E-state index in [4.69, 9.17) is 9.47 Å². The Morgan fingerprint density at radius 3 is 2.63 bits per heavy atom. The summed E-state index contributed by atoms with van der Waals surface area (Å²) in [5.74, 6) is 0.429. The smallest absolute Gasteiger partial charge is 0.255 e. The number of hydrogen-bond donors (Lipinski definition) is 2. The Bertz CT molecular complexity index is 804. The quantitative estimate of drug-likeness (QED) is 0.849. The van der Waals surface area contributed by atoms with E-state index in [-0.39, 0.29) is 24.0 Å². The molecule has 0 spiro atoms. The molecule has 0 radical (unpaired) electrons. The minimum atomic E-state index is -0.193. The molecule has 1 heterocycles. The van der Waals surface area contributed by atoms with Gasteiger partial charge < -0.3 is 20.1 Å². The second kappa shape index (κ2) is 8.68. The van der Waals surface area contributed by atoms with E-state index in [0.29, 0.717) is 23.6 Å². The van der Waals surface area contributed by atoms with Gasteiger partial charge in [-0.3, -0.25) is 9.59 Å². The fourth-order valence-corrected chi connectivity index (χ4v) is 3.20. The van der Waals surface area contributed by atoms with Crippen molar-refractivity contribution >= 4 is 17.5 Å². The molecule has 2 aromatic carbocycles. The van der Waals surface area contributed by atoms with E-state index in [0.717, 1.165) is 18.4 Å². The van der Waals surface area contributed by atoms with Gasteiger partial charge in [-0.15, -0.1) is 0 Å². The first kappa shape index (κ1) is 18.9. The van der Waals surface area contributed by atoms with Gasteiger partial charge in [-0.25, -0.2) is 0 Å². The van der Waals surface area contributed by atoms with Crippen molar-refractivity contribution in [3.05, 3.63) is 59.7 Å². The SMILES string of the molecule is COc1cccc(C(=O)Nc2ccc([C@H]3C[C@@H](NC(C)=O)CCO3)cc2)c1. The second-order valence-electron chi connectivity index (χ2n) is 6.59. The number of benzene rings is 2. The summed E-state index contributed by atoms with van der Waals surface area (Å²) >= 11 is 0. The van der Waals surface area contributed by atoms with Crippen LogP contribution in [-0.2, 0) is 9.53 Å². The molecule has 1 fully saturated rings. The maximum atomic E-state index is 12.4. The molecule has 0 bridgehead atoms. The Morgan fingerprint density at radius 1 is 1.15 bits per heavy atom. The summed E-state index contributed by atoms with van der Waals surface area (Å²) in [6.45, 7) is 2.15. The normalized spacial score (nSPS) is 19.2. The highest BCUT2D eigenvalue weighted by atomic mass is 16.5. The lowest BCUT2D eigenvalue weighted by Crippen LogP contribution is -2.38. The van der Waals surface area contributed by atoms with E-state index in [1.165, 1.54) is 6.92 Å². The van der Waals surface area contributed by atoms with Gasteiger partial charge in [0.25, 0.3) is 5.91 Å². The number of nitrogens with one attached hydrogen (secondary N) is 2. The third kappa shape index (κ3) is 5.08. The van der Waals surface area contributed by atoms with Crippen molar-refractivity contribution in [2.45, 2.75) is 31.9 Å². The third-order valence-electron chi connectivity index (χ3n) is 4.56. The second-order valence-corrected chi connectivity index (χ2v) is 6.59. The van der Waals surface area contributed by atoms with Crippen molar-refractivity contribution in [2.75, 3.05) is 19.0 Å². The Kier molecular flexibility index (Phi) is 6.08. The molecule has 142 valence electrons. The average molecular weight is 368 g/mol. The zero-order valence-corrected chi connectivity index (χ0v) is 15.5. The summed E-state index contributed by atoms with van der Waals surface area (Å²) in [5, 5.41) is 5.84. The van der Waals surface area contributed by atoms with Crippen molar-refractivity contribution in [3.8, 4) is 5.75 Å². The van der Waals surface area contributed by atoms with Crippen LogP contribution in [0.1, 0.15) is 41.8 Å². The van der Waals surface area contributed by atoms with Crippen LogP contribution in [-0.4, -0.2) is 31.6 Å². The highest BCUT2D eigenvalue weighted by molar-refractivity contribution is 6.04. The van der Waals surface area contributed by atoms with Crippen LogP contribution < -0.4 is 15.4 Å². The summed E-state index contributed by atoms with van der Waals surface area (Å²) < 4.78 is 11.0. The molecule has 2 amide bonds. The first-order valence-electron chi connectivity index (χ1n) is 8.99. The monoisotopic (exact) mass is 368 g/mol. The number of anilines is 1. The molecule has 3 rings (SSSR count). The van der Waals surface area contributed by atoms with Crippen molar-refractivity contribution in [1.29, 1.82) is 0 Å². The van der Waals surface area contributed by atoms with Crippen LogP contribution in [0.4, 0.5) is 5.69 Å². The third-order valence-corrected chi connectivity index (χ3v) is 4.56. The molecular formula is C21H24N2O4. The van der Waals surface area contributed by atoms with E-state index in [9.17, 15) is 9.59 Å². The van der Waals surface area contributed by atoms with Gasteiger partial charge in [-0.2, -0.15) is 0 Å². The largest absolute Gasteiger partial charge is 0.497 e. The molecule has 0 saturated carbocycles. The predicted octanol–water partition coefficient (Wildman–Crippen LogP) is 3.30. The lowest BCUT2D eigenvalue weighted by atomic mass is 9.97. The lowest BCUT2D eigenvalue weighted by molar-refractivity contribution is -0.120. The van der Waals surface area contributed by atoms with Crippen LogP contribution in [0.2, 0.25) is 0 Å². The average Bonchev–Trinajstić information content (AvgIpc) is 2.68. The number of carbonyl (C=O) groups is 2. The summed E-state index contributed by atoms with van der Waals surface area (Å²) in [6.07, 6.45) is 1.51. The standard InChI is InChI=1S/C21H24N2O4/c1-14(24)22-18-10-11-27-20(13-18)15-6-8-17(9-7-15)23-21(25)16-4-3-5-19(12-16)26-2/h3-9,12,18,20H,10-11,13H2,1-2H3,(H,22,24)(H,23,25)/t18-,20+/m0/s1. The molecule has 1 aliphatic heterocycles.